The Balaban J connectivity index is 3.11. The SMILES string of the molecule is CCOC(=O)[C@](NC(C)=O)([NH2+]Cc1ccccc1)C(F)(F)F. The van der Waals surface area contributed by atoms with E-state index in [0.717, 1.165) is 12.2 Å². The van der Waals surface area contributed by atoms with Crippen LogP contribution in [-0.2, 0) is 20.9 Å². The Bertz CT molecular complexity index is 520. The molecule has 122 valence electrons. The molecule has 0 bridgehead atoms. The Morgan fingerprint density at radius 3 is 2.27 bits per heavy atom. The number of nitrogens with two attached hydrogens (primary N) is 1. The third-order valence-corrected chi connectivity index (χ3v) is 2.90. The first-order valence-electron chi connectivity index (χ1n) is 6.64. The number of hydrogen-bond acceptors (Lipinski definition) is 3. The highest BCUT2D eigenvalue weighted by Crippen LogP contribution is 2.26. The van der Waals surface area contributed by atoms with E-state index in [4.69, 9.17) is 0 Å². The van der Waals surface area contributed by atoms with E-state index in [2.05, 4.69) is 4.74 Å². The minimum atomic E-state index is -5.01. The summed E-state index contributed by atoms with van der Waals surface area (Å²) >= 11 is 0. The molecule has 5 nitrogen and oxygen atoms in total. The quantitative estimate of drug-likeness (QED) is 0.599. The average molecular weight is 319 g/mol. The topological polar surface area (TPSA) is 72.0 Å². The molecular formula is C14H18F3N2O3+. The van der Waals surface area contributed by atoms with Crippen LogP contribution in [-0.4, -0.2) is 30.3 Å². The third kappa shape index (κ3) is 4.20. The van der Waals surface area contributed by atoms with Crippen molar-refractivity contribution in [1.82, 2.24) is 5.32 Å². The van der Waals surface area contributed by atoms with E-state index >= 15 is 0 Å². The molecule has 0 aliphatic heterocycles. The van der Waals surface area contributed by atoms with Gasteiger partial charge in [0, 0.05) is 12.5 Å². The summed E-state index contributed by atoms with van der Waals surface area (Å²) < 4.78 is 44.9. The van der Waals surface area contributed by atoms with Crippen molar-refractivity contribution in [2.24, 2.45) is 0 Å². The first-order chi connectivity index (χ1) is 10.2. The predicted octanol–water partition coefficient (Wildman–Crippen LogP) is 0.708. The van der Waals surface area contributed by atoms with Gasteiger partial charge in [0.25, 0.3) is 0 Å². The molecule has 1 rings (SSSR count). The first-order valence-corrected chi connectivity index (χ1v) is 6.64. The summed E-state index contributed by atoms with van der Waals surface area (Å²) in [6.45, 7) is 1.93. The Morgan fingerprint density at radius 2 is 1.82 bits per heavy atom. The Labute approximate surface area is 125 Å². The Hall–Kier alpha value is -2.09. The van der Waals surface area contributed by atoms with Gasteiger partial charge in [-0.1, -0.05) is 30.3 Å². The van der Waals surface area contributed by atoms with E-state index in [9.17, 15) is 22.8 Å². The molecule has 8 heteroatoms. The standard InChI is InChI=1S/C14H17F3N2O3/c1-3-22-12(21)13(14(15,16)17,19-10(2)20)18-9-11-7-5-4-6-8-11/h4-8,18H,3,9H2,1-2H3,(H,19,20)/p+1/t13-/m1/s1. The number of ether oxygens (including phenoxy) is 1. The van der Waals surface area contributed by atoms with Crippen molar-refractivity contribution in [2.45, 2.75) is 32.2 Å². The molecule has 0 aromatic heterocycles. The maximum atomic E-state index is 13.5. The molecule has 22 heavy (non-hydrogen) atoms. The van der Waals surface area contributed by atoms with Crippen LogP contribution in [0.2, 0.25) is 0 Å². The fourth-order valence-electron chi connectivity index (χ4n) is 1.90. The van der Waals surface area contributed by atoms with E-state index < -0.39 is 23.7 Å². The second-order valence-electron chi connectivity index (χ2n) is 4.60. The highest BCUT2D eigenvalue weighted by atomic mass is 19.4. The summed E-state index contributed by atoms with van der Waals surface area (Å²) in [7, 11) is 0. The van der Waals surface area contributed by atoms with Gasteiger partial charge in [-0.3, -0.25) is 10.1 Å². The molecule has 0 heterocycles. The summed E-state index contributed by atoms with van der Waals surface area (Å²) in [5.41, 5.74) is -2.59. The van der Waals surface area contributed by atoms with Crippen molar-refractivity contribution in [3.05, 3.63) is 35.9 Å². The zero-order chi connectivity index (χ0) is 16.8. The summed E-state index contributed by atoms with van der Waals surface area (Å²) in [6, 6.07) is 8.30. The Morgan fingerprint density at radius 1 is 1.23 bits per heavy atom. The van der Waals surface area contributed by atoms with E-state index in [1.54, 1.807) is 35.6 Å². The smallest absolute Gasteiger partial charge is 0.460 e. The predicted molar refractivity (Wildman–Crippen MR) is 71.3 cm³/mol. The molecule has 1 atom stereocenters. The van der Waals surface area contributed by atoms with Gasteiger partial charge in [0.15, 0.2) is 0 Å². The minimum Gasteiger partial charge on any atom is -0.460 e. The molecule has 0 spiro atoms. The lowest BCUT2D eigenvalue weighted by molar-refractivity contribution is -0.757. The lowest BCUT2D eigenvalue weighted by Crippen LogP contribution is -3.06. The molecule has 1 aromatic rings. The van der Waals surface area contributed by atoms with Crippen molar-refractivity contribution in [3.8, 4) is 0 Å². The number of halogens is 3. The van der Waals surface area contributed by atoms with Crippen molar-refractivity contribution < 1.29 is 32.8 Å². The average Bonchev–Trinajstić information content (AvgIpc) is 2.43. The van der Waals surface area contributed by atoms with Crippen LogP contribution in [0.15, 0.2) is 30.3 Å². The van der Waals surface area contributed by atoms with Gasteiger partial charge < -0.3 is 10.1 Å². The number of quaternary nitrogens is 1. The van der Waals surface area contributed by atoms with Crippen LogP contribution in [0.1, 0.15) is 19.4 Å². The fraction of sp³-hybridized carbons (Fsp3) is 0.429. The number of esters is 1. The monoisotopic (exact) mass is 319 g/mol. The molecule has 0 radical (unpaired) electrons. The van der Waals surface area contributed by atoms with Crippen LogP contribution in [0.25, 0.3) is 0 Å². The van der Waals surface area contributed by atoms with E-state index in [-0.39, 0.29) is 13.2 Å². The Kier molecular flexibility index (Phi) is 5.92. The van der Waals surface area contributed by atoms with Crippen LogP contribution in [0.4, 0.5) is 13.2 Å². The van der Waals surface area contributed by atoms with Gasteiger partial charge in [-0.15, -0.1) is 0 Å². The molecule has 0 saturated carbocycles. The second kappa shape index (κ2) is 7.26. The van der Waals surface area contributed by atoms with Gasteiger partial charge >= 0.3 is 17.8 Å². The number of nitrogens with one attached hydrogen (secondary N) is 1. The second-order valence-corrected chi connectivity index (χ2v) is 4.60. The highest BCUT2D eigenvalue weighted by molar-refractivity contribution is 5.86. The molecular weight excluding hydrogens is 301 g/mol. The third-order valence-electron chi connectivity index (χ3n) is 2.90. The largest absolute Gasteiger partial charge is 0.478 e. The van der Waals surface area contributed by atoms with Crippen LogP contribution in [0.3, 0.4) is 0 Å². The van der Waals surface area contributed by atoms with Crippen LogP contribution in [0, 0.1) is 0 Å². The number of carbonyl (C=O) groups excluding carboxylic acids is 2. The van der Waals surface area contributed by atoms with Gasteiger partial charge in [-0.2, -0.15) is 13.2 Å². The number of amides is 1. The van der Waals surface area contributed by atoms with Crippen molar-refractivity contribution >= 4 is 11.9 Å². The molecule has 0 aliphatic carbocycles. The number of carbonyl (C=O) groups is 2. The zero-order valence-electron chi connectivity index (χ0n) is 12.2. The first kappa shape index (κ1) is 18.0. The molecule has 1 amide bonds. The molecule has 0 unspecified atom stereocenters. The summed E-state index contributed by atoms with van der Waals surface area (Å²) in [5.74, 6) is -2.52. The number of benzene rings is 1. The van der Waals surface area contributed by atoms with Crippen LogP contribution >= 0.6 is 0 Å². The molecule has 3 N–H and O–H groups in total. The zero-order valence-corrected chi connectivity index (χ0v) is 12.2. The van der Waals surface area contributed by atoms with Gasteiger partial charge in [-0.05, 0) is 6.92 Å². The fourth-order valence-corrected chi connectivity index (χ4v) is 1.90. The maximum absolute atomic E-state index is 13.5. The van der Waals surface area contributed by atoms with E-state index in [1.165, 1.54) is 6.92 Å². The summed E-state index contributed by atoms with van der Waals surface area (Å²) in [5, 5.41) is 2.42. The lowest BCUT2D eigenvalue weighted by Gasteiger charge is -2.31. The molecule has 0 aliphatic rings. The minimum absolute atomic E-state index is 0.153. The summed E-state index contributed by atoms with van der Waals surface area (Å²) in [6.07, 6.45) is -5.01. The number of alkyl halides is 3. The number of hydrogen-bond donors (Lipinski definition) is 2. The maximum Gasteiger partial charge on any atom is 0.478 e. The van der Waals surface area contributed by atoms with Gasteiger partial charge in [0.05, 0.1) is 6.61 Å². The van der Waals surface area contributed by atoms with Crippen molar-refractivity contribution in [2.75, 3.05) is 6.61 Å². The van der Waals surface area contributed by atoms with Crippen LogP contribution < -0.4 is 10.6 Å². The van der Waals surface area contributed by atoms with E-state index in [1.807, 2.05) is 0 Å². The van der Waals surface area contributed by atoms with Crippen molar-refractivity contribution in [3.63, 3.8) is 0 Å². The van der Waals surface area contributed by atoms with Crippen LogP contribution in [0.5, 0.6) is 0 Å². The van der Waals surface area contributed by atoms with Crippen molar-refractivity contribution in [1.29, 1.82) is 0 Å². The normalized spacial score (nSPS) is 14.0. The number of rotatable bonds is 6. The van der Waals surface area contributed by atoms with E-state index in [0.29, 0.717) is 5.56 Å². The van der Waals surface area contributed by atoms with Gasteiger partial charge in [0.2, 0.25) is 5.91 Å². The summed E-state index contributed by atoms with van der Waals surface area (Å²) in [4.78, 5) is 23.1. The highest BCUT2D eigenvalue weighted by Gasteiger charge is 2.67. The molecule has 0 saturated heterocycles. The molecule has 0 fully saturated rings. The van der Waals surface area contributed by atoms with Gasteiger partial charge in [-0.25, -0.2) is 4.79 Å². The molecule has 1 aromatic carbocycles. The lowest BCUT2D eigenvalue weighted by atomic mass is 10.1. The van der Waals surface area contributed by atoms with Gasteiger partial charge in [0.1, 0.15) is 6.54 Å².